The molecule has 3 nitrogen and oxygen atoms in total. The van der Waals surface area contributed by atoms with Gasteiger partial charge in [0.2, 0.25) is 6.49 Å². The van der Waals surface area contributed by atoms with E-state index in [-0.39, 0.29) is 0 Å². The van der Waals surface area contributed by atoms with E-state index in [1.807, 2.05) is 38.1 Å². The highest BCUT2D eigenvalue weighted by Crippen LogP contribution is 2.47. The summed E-state index contributed by atoms with van der Waals surface area (Å²) in [7, 11) is 1.64. The van der Waals surface area contributed by atoms with E-state index in [1.165, 1.54) is 0 Å². The standard InChI is InChI=1S/C11H17O3PS/c1-4-13-15(16,14-5-2)11-8-6-10(12-3)7-9-11/h6-9H,4-5H2,1-3H3. The Morgan fingerprint density at radius 3 is 1.94 bits per heavy atom. The van der Waals surface area contributed by atoms with Gasteiger partial charge >= 0.3 is 0 Å². The molecule has 0 saturated heterocycles. The molecule has 0 aliphatic heterocycles. The molecule has 1 aromatic rings. The molecule has 16 heavy (non-hydrogen) atoms. The lowest BCUT2D eigenvalue weighted by molar-refractivity contribution is 0.275. The summed E-state index contributed by atoms with van der Waals surface area (Å²) in [5, 5.41) is 0.923. The molecule has 5 heteroatoms. The molecular formula is C11H17O3PS. The molecule has 0 fully saturated rings. The van der Waals surface area contributed by atoms with Crippen molar-refractivity contribution in [1.82, 2.24) is 0 Å². The first-order chi connectivity index (χ1) is 7.66. The third kappa shape index (κ3) is 3.29. The highest BCUT2D eigenvalue weighted by atomic mass is 32.5. The summed E-state index contributed by atoms with van der Waals surface area (Å²) in [4.78, 5) is 0. The molecule has 0 amide bonds. The van der Waals surface area contributed by atoms with Crippen LogP contribution in [-0.2, 0) is 20.9 Å². The summed E-state index contributed by atoms with van der Waals surface area (Å²) in [5.41, 5.74) is 0. The SMILES string of the molecule is CCOP(=S)(OCC)c1ccc(OC)cc1. The first kappa shape index (κ1) is 13.7. The summed E-state index contributed by atoms with van der Waals surface area (Å²) >= 11 is 5.47. The van der Waals surface area contributed by atoms with Crippen LogP contribution in [0.1, 0.15) is 13.8 Å². The van der Waals surface area contributed by atoms with E-state index in [0.29, 0.717) is 13.2 Å². The van der Waals surface area contributed by atoms with Crippen LogP contribution in [0.3, 0.4) is 0 Å². The Balaban J connectivity index is 2.96. The van der Waals surface area contributed by atoms with Crippen LogP contribution >= 0.6 is 6.49 Å². The zero-order valence-corrected chi connectivity index (χ0v) is 11.5. The van der Waals surface area contributed by atoms with Crippen LogP contribution in [0.2, 0.25) is 0 Å². The van der Waals surface area contributed by atoms with Gasteiger partial charge in [-0.3, -0.25) is 0 Å². The van der Waals surface area contributed by atoms with Crippen molar-refractivity contribution in [3.05, 3.63) is 24.3 Å². The summed E-state index contributed by atoms with van der Waals surface area (Å²) in [6.07, 6.45) is 0. The van der Waals surface area contributed by atoms with Crippen LogP contribution in [0, 0.1) is 0 Å². The maximum absolute atomic E-state index is 5.59. The van der Waals surface area contributed by atoms with Crippen molar-refractivity contribution >= 4 is 23.6 Å². The summed E-state index contributed by atoms with van der Waals surface area (Å²) in [6.45, 7) is 2.63. The first-order valence-corrected chi connectivity index (χ1v) is 7.83. The first-order valence-electron chi connectivity index (χ1n) is 5.20. The second-order valence-corrected chi connectivity index (χ2v) is 6.50. The fraction of sp³-hybridized carbons (Fsp3) is 0.455. The van der Waals surface area contributed by atoms with Crippen LogP contribution in [0.25, 0.3) is 0 Å². The van der Waals surface area contributed by atoms with Gasteiger partial charge in [-0.2, -0.15) is 0 Å². The third-order valence-corrected chi connectivity index (χ3v) is 5.38. The fourth-order valence-electron chi connectivity index (χ4n) is 1.29. The van der Waals surface area contributed by atoms with Gasteiger partial charge in [0.05, 0.1) is 20.3 Å². The molecule has 0 N–H and O–H groups in total. The lowest BCUT2D eigenvalue weighted by Gasteiger charge is -2.21. The number of hydrogen-bond donors (Lipinski definition) is 0. The molecule has 1 aromatic carbocycles. The van der Waals surface area contributed by atoms with Gasteiger partial charge in [0.25, 0.3) is 0 Å². The van der Waals surface area contributed by atoms with E-state index >= 15 is 0 Å². The van der Waals surface area contributed by atoms with Gasteiger partial charge in [-0.25, -0.2) is 0 Å². The Morgan fingerprint density at radius 1 is 1.06 bits per heavy atom. The van der Waals surface area contributed by atoms with Gasteiger partial charge in [-0.1, -0.05) is 0 Å². The zero-order chi connectivity index (χ0) is 12.0. The average molecular weight is 260 g/mol. The second kappa shape index (κ2) is 6.36. The van der Waals surface area contributed by atoms with E-state index in [9.17, 15) is 0 Å². The minimum Gasteiger partial charge on any atom is -0.497 e. The van der Waals surface area contributed by atoms with E-state index in [1.54, 1.807) is 7.11 Å². The lowest BCUT2D eigenvalue weighted by Crippen LogP contribution is -2.10. The summed E-state index contributed by atoms with van der Waals surface area (Å²) in [5.74, 6) is 0.804. The smallest absolute Gasteiger partial charge is 0.219 e. The zero-order valence-electron chi connectivity index (χ0n) is 9.80. The molecule has 90 valence electrons. The molecule has 0 aliphatic carbocycles. The van der Waals surface area contributed by atoms with Crippen LogP contribution in [0.4, 0.5) is 0 Å². The molecule has 0 unspecified atom stereocenters. The Hall–Kier alpha value is -0.410. The number of methoxy groups -OCH3 is 1. The van der Waals surface area contributed by atoms with E-state index in [2.05, 4.69) is 0 Å². The summed E-state index contributed by atoms with van der Waals surface area (Å²) in [6, 6.07) is 7.55. The highest BCUT2D eigenvalue weighted by Gasteiger charge is 2.20. The van der Waals surface area contributed by atoms with Crippen LogP contribution < -0.4 is 10.0 Å². The number of hydrogen-bond acceptors (Lipinski definition) is 4. The normalized spacial score (nSPS) is 11.4. The Labute approximate surface area is 102 Å². The fourth-order valence-corrected chi connectivity index (χ4v) is 3.86. The van der Waals surface area contributed by atoms with E-state index < -0.39 is 6.49 Å². The van der Waals surface area contributed by atoms with Gasteiger partial charge in [0.1, 0.15) is 5.75 Å². The highest BCUT2D eigenvalue weighted by molar-refractivity contribution is 8.13. The maximum Gasteiger partial charge on any atom is 0.219 e. The average Bonchev–Trinajstić information content (AvgIpc) is 2.30. The van der Waals surface area contributed by atoms with E-state index in [4.69, 9.17) is 25.6 Å². The maximum atomic E-state index is 5.59. The predicted octanol–water partition coefficient (Wildman–Crippen LogP) is 2.70. The van der Waals surface area contributed by atoms with Crippen molar-refractivity contribution in [2.24, 2.45) is 0 Å². The quantitative estimate of drug-likeness (QED) is 0.735. The van der Waals surface area contributed by atoms with Gasteiger partial charge in [-0.15, -0.1) is 0 Å². The van der Waals surface area contributed by atoms with Crippen molar-refractivity contribution < 1.29 is 13.8 Å². The minimum atomic E-state index is -2.32. The molecular weight excluding hydrogens is 243 g/mol. The molecule has 0 atom stereocenters. The van der Waals surface area contributed by atoms with Crippen LogP contribution in [0.15, 0.2) is 24.3 Å². The molecule has 0 radical (unpaired) electrons. The number of ether oxygens (including phenoxy) is 1. The van der Waals surface area contributed by atoms with Crippen LogP contribution in [-0.4, -0.2) is 20.3 Å². The number of rotatable bonds is 6. The third-order valence-electron chi connectivity index (χ3n) is 1.99. The molecule has 0 spiro atoms. The molecule has 0 heterocycles. The molecule has 1 rings (SSSR count). The molecule has 0 aliphatic rings. The van der Waals surface area contributed by atoms with Gasteiger partial charge in [0.15, 0.2) is 0 Å². The van der Waals surface area contributed by atoms with Crippen LogP contribution in [0.5, 0.6) is 5.75 Å². The van der Waals surface area contributed by atoms with Crippen molar-refractivity contribution in [3.8, 4) is 5.75 Å². The van der Waals surface area contributed by atoms with Gasteiger partial charge in [-0.05, 0) is 49.9 Å². The van der Waals surface area contributed by atoms with Crippen molar-refractivity contribution in [2.45, 2.75) is 13.8 Å². The van der Waals surface area contributed by atoms with Gasteiger partial charge in [0, 0.05) is 5.30 Å². The Bertz CT molecular complexity index is 354. The Kier molecular flexibility index (Phi) is 5.42. The van der Waals surface area contributed by atoms with Gasteiger partial charge < -0.3 is 13.8 Å². The second-order valence-electron chi connectivity index (χ2n) is 3.03. The Morgan fingerprint density at radius 2 is 1.56 bits per heavy atom. The van der Waals surface area contributed by atoms with Crippen molar-refractivity contribution in [1.29, 1.82) is 0 Å². The van der Waals surface area contributed by atoms with Crippen molar-refractivity contribution in [3.63, 3.8) is 0 Å². The largest absolute Gasteiger partial charge is 0.497 e. The molecule has 0 bridgehead atoms. The summed E-state index contributed by atoms with van der Waals surface area (Å²) < 4.78 is 16.3. The molecule has 0 saturated carbocycles. The van der Waals surface area contributed by atoms with Crippen molar-refractivity contribution in [2.75, 3.05) is 20.3 Å². The number of benzene rings is 1. The van der Waals surface area contributed by atoms with E-state index in [0.717, 1.165) is 11.1 Å². The lowest BCUT2D eigenvalue weighted by atomic mass is 10.3. The molecule has 0 aromatic heterocycles. The topological polar surface area (TPSA) is 27.7 Å². The predicted molar refractivity (Wildman–Crippen MR) is 70.2 cm³/mol. The monoisotopic (exact) mass is 260 g/mol. The minimum absolute atomic E-state index is 0.559.